The zero-order valence-electron chi connectivity index (χ0n) is 18.6. The summed E-state index contributed by atoms with van der Waals surface area (Å²) < 4.78 is 23.8. The zero-order valence-corrected chi connectivity index (χ0v) is 18.6. The minimum absolute atomic E-state index is 0.000671. The number of amides is 1. The number of carbonyl (C=O) groups is 1. The van der Waals surface area contributed by atoms with Gasteiger partial charge in [0.25, 0.3) is 5.91 Å². The van der Waals surface area contributed by atoms with Gasteiger partial charge in [0.1, 0.15) is 17.2 Å². The van der Waals surface area contributed by atoms with Crippen molar-refractivity contribution < 1.29 is 13.9 Å². The van der Waals surface area contributed by atoms with Crippen molar-refractivity contribution in [1.82, 2.24) is 24.6 Å². The predicted octanol–water partition coefficient (Wildman–Crippen LogP) is 1.80. The number of hydrogen-bond acceptors (Lipinski definition) is 6. The second-order valence-corrected chi connectivity index (χ2v) is 8.53. The number of fused-ring (bicyclic) bond motifs is 1. The second-order valence-electron chi connectivity index (χ2n) is 8.53. The summed E-state index contributed by atoms with van der Waals surface area (Å²) in [5.74, 6) is 5.12. The van der Waals surface area contributed by atoms with Crippen molar-refractivity contribution >= 4 is 22.8 Å². The lowest BCUT2D eigenvalue weighted by Crippen LogP contribution is -2.25. The van der Waals surface area contributed by atoms with E-state index in [0.29, 0.717) is 30.5 Å². The van der Waals surface area contributed by atoms with Gasteiger partial charge in [-0.2, -0.15) is 5.10 Å². The van der Waals surface area contributed by atoms with Crippen LogP contribution >= 0.6 is 0 Å². The molecular formula is C23H26FN7O2. The fourth-order valence-electron chi connectivity index (χ4n) is 4.49. The van der Waals surface area contributed by atoms with Gasteiger partial charge in [-0.1, -0.05) is 5.92 Å². The molecule has 1 saturated carbocycles. The van der Waals surface area contributed by atoms with Crippen LogP contribution in [0.2, 0.25) is 0 Å². The molecule has 1 aliphatic heterocycles. The molecule has 3 aromatic rings. The third-order valence-electron chi connectivity index (χ3n) is 6.23. The summed E-state index contributed by atoms with van der Waals surface area (Å²) in [5.41, 5.74) is 7.72. The molecule has 4 N–H and O–H groups in total. The predicted molar refractivity (Wildman–Crippen MR) is 122 cm³/mol. The lowest BCUT2D eigenvalue weighted by molar-refractivity contribution is 0.100. The molecule has 172 valence electrons. The molecule has 2 aromatic heterocycles. The number of methoxy groups -OCH3 is 1. The smallest absolute Gasteiger partial charge is 0.255 e. The van der Waals surface area contributed by atoms with Crippen molar-refractivity contribution in [2.45, 2.75) is 37.4 Å². The summed E-state index contributed by atoms with van der Waals surface area (Å²) in [7, 11) is 3.36. The van der Waals surface area contributed by atoms with Crippen LogP contribution in [0.1, 0.15) is 53.0 Å². The number of anilines is 1. The molecule has 1 unspecified atom stereocenters. The van der Waals surface area contributed by atoms with E-state index in [0.717, 1.165) is 24.8 Å². The summed E-state index contributed by atoms with van der Waals surface area (Å²) in [4.78, 5) is 16.7. The first-order valence-electron chi connectivity index (χ1n) is 11.0. The van der Waals surface area contributed by atoms with Gasteiger partial charge >= 0.3 is 0 Å². The number of benzene rings is 1. The number of nitrogens with zero attached hydrogens (tertiary/aromatic N) is 4. The quantitative estimate of drug-likeness (QED) is 0.493. The van der Waals surface area contributed by atoms with Crippen LogP contribution in [0.4, 0.5) is 10.2 Å². The van der Waals surface area contributed by atoms with E-state index in [1.165, 1.54) is 6.07 Å². The first-order valence-corrected chi connectivity index (χ1v) is 11.0. The molecule has 1 aromatic carbocycles. The van der Waals surface area contributed by atoms with Crippen LogP contribution < -0.4 is 16.4 Å². The van der Waals surface area contributed by atoms with E-state index in [1.807, 2.05) is 4.57 Å². The lowest BCUT2D eigenvalue weighted by atomic mass is 10.1. The highest BCUT2D eigenvalue weighted by Crippen LogP contribution is 2.37. The van der Waals surface area contributed by atoms with Gasteiger partial charge in [0.15, 0.2) is 5.69 Å². The highest BCUT2D eigenvalue weighted by molar-refractivity contribution is 6.00. The Balaban J connectivity index is 1.51. The molecule has 0 spiro atoms. The van der Waals surface area contributed by atoms with E-state index in [9.17, 15) is 9.18 Å². The molecule has 33 heavy (non-hydrogen) atoms. The number of ether oxygens (including phenoxy) is 1. The molecular weight excluding hydrogens is 425 g/mol. The van der Waals surface area contributed by atoms with Crippen LogP contribution in [0.15, 0.2) is 18.5 Å². The molecule has 2 aliphatic rings. The van der Waals surface area contributed by atoms with Gasteiger partial charge in [-0.3, -0.25) is 4.79 Å². The number of hydrogen-bond donors (Lipinski definition) is 3. The maximum absolute atomic E-state index is 14.8. The van der Waals surface area contributed by atoms with Crippen molar-refractivity contribution in [3.63, 3.8) is 0 Å². The number of halogens is 1. The SMILES string of the molecule is CNc1c(C(N)=O)c(C#Cc2cc3ncn(C4CC4)c3cc2F)nn1C1CN[C@@H](COC)C1. The van der Waals surface area contributed by atoms with E-state index in [2.05, 4.69) is 32.6 Å². The number of carbonyl (C=O) groups excluding carboxylic acids is 1. The van der Waals surface area contributed by atoms with Crippen molar-refractivity contribution in [2.75, 3.05) is 32.6 Å². The lowest BCUT2D eigenvalue weighted by Gasteiger charge is -2.14. The van der Waals surface area contributed by atoms with Crippen molar-refractivity contribution in [3.05, 3.63) is 41.1 Å². The molecule has 9 nitrogen and oxygen atoms in total. The van der Waals surface area contributed by atoms with Crippen molar-refractivity contribution in [3.8, 4) is 11.8 Å². The maximum Gasteiger partial charge on any atom is 0.255 e. The normalized spacial score (nSPS) is 20.1. The number of nitrogens with one attached hydrogen (secondary N) is 2. The van der Waals surface area contributed by atoms with Crippen LogP contribution in [0.5, 0.6) is 0 Å². The fourth-order valence-corrected chi connectivity index (χ4v) is 4.49. The summed E-state index contributed by atoms with van der Waals surface area (Å²) in [6.07, 6.45) is 4.70. The Morgan fingerprint density at radius 2 is 2.18 bits per heavy atom. The highest BCUT2D eigenvalue weighted by atomic mass is 19.1. The number of primary amides is 1. The molecule has 1 saturated heterocycles. The van der Waals surface area contributed by atoms with Crippen LogP contribution in [0.25, 0.3) is 11.0 Å². The van der Waals surface area contributed by atoms with E-state index in [1.54, 1.807) is 31.2 Å². The van der Waals surface area contributed by atoms with Crippen molar-refractivity contribution in [1.29, 1.82) is 0 Å². The highest BCUT2D eigenvalue weighted by Gasteiger charge is 2.31. The minimum Gasteiger partial charge on any atom is -0.383 e. The number of aromatic nitrogens is 4. The molecule has 1 amide bonds. The maximum atomic E-state index is 14.8. The molecule has 2 atom stereocenters. The Morgan fingerprint density at radius 3 is 2.88 bits per heavy atom. The van der Waals surface area contributed by atoms with Gasteiger partial charge in [-0.05, 0) is 31.2 Å². The zero-order chi connectivity index (χ0) is 23.1. The molecule has 0 bridgehead atoms. The first-order chi connectivity index (χ1) is 16.0. The third kappa shape index (κ3) is 3.94. The van der Waals surface area contributed by atoms with Gasteiger partial charge in [0.2, 0.25) is 0 Å². The van der Waals surface area contributed by atoms with Crippen LogP contribution in [-0.2, 0) is 4.74 Å². The Morgan fingerprint density at radius 1 is 1.36 bits per heavy atom. The Kier molecular flexibility index (Phi) is 5.52. The van der Waals surface area contributed by atoms with Crippen molar-refractivity contribution in [2.24, 2.45) is 5.73 Å². The Bertz CT molecular complexity index is 1280. The molecule has 3 heterocycles. The van der Waals surface area contributed by atoms with Crippen LogP contribution in [-0.4, -0.2) is 58.6 Å². The van der Waals surface area contributed by atoms with Crippen LogP contribution in [0.3, 0.4) is 0 Å². The monoisotopic (exact) mass is 451 g/mol. The molecule has 2 fully saturated rings. The topological polar surface area (TPSA) is 112 Å². The Hall–Kier alpha value is -3.42. The van der Waals surface area contributed by atoms with Gasteiger partial charge in [0.05, 0.1) is 35.6 Å². The second kappa shape index (κ2) is 8.50. The van der Waals surface area contributed by atoms with E-state index >= 15 is 0 Å². The summed E-state index contributed by atoms with van der Waals surface area (Å²) in [5, 5.41) is 11.0. The molecule has 0 radical (unpaired) electrons. The number of rotatable bonds is 6. The minimum atomic E-state index is -0.645. The average Bonchev–Trinajstić information content (AvgIpc) is 3.22. The number of nitrogens with two attached hydrogens (primary N) is 1. The number of imidazole rings is 1. The molecule has 1 aliphatic carbocycles. The molecule has 5 rings (SSSR count). The van der Waals surface area contributed by atoms with Gasteiger partial charge in [-0.25, -0.2) is 14.1 Å². The molecule has 10 heteroatoms. The van der Waals surface area contributed by atoms with Gasteiger partial charge < -0.3 is 25.7 Å². The van der Waals surface area contributed by atoms with Crippen LogP contribution in [0, 0.1) is 17.7 Å². The van der Waals surface area contributed by atoms with E-state index in [4.69, 9.17) is 10.5 Å². The standard InChI is InChI=1S/C23H26FN7O2/c1-26-23-21(22(25)32)18(29-31(23)16-8-14(11-33-2)27-10-16)6-3-13-7-19-20(9-17(13)24)30(12-28-19)15-4-5-15/h7,9,12,14-16,26-27H,4-5,8,10-11H2,1-2H3,(H2,25,32)/t14-,16?/m1/s1. The van der Waals surface area contributed by atoms with E-state index < -0.39 is 11.7 Å². The Labute approximate surface area is 190 Å². The summed E-state index contributed by atoms with van der Waals surface area (Å²) >= 11 is 0. The van der Waals surface area contributed by atoms with Gasteiger partial charge in [-0.15, -0.1) is 0 Å². The van der Waals surface area contributed by atoms with Gasteiger partial charge in [0, 0.05) is 38.9 Å². The largest absolute Gasteiger partial charge is 0.383 e. The summed E-state index contributed by atoms with van der Waals surface area (Å²) in [6, 6.07) is 3.70. The third-order valence-corrected chi connectivity index (χ3v) is 6.23. The summed E-state index contributed by atoms with van der Waals surface area (Å²) in [6.45, 7) is 1.25. The first kappa shape index (κ1) is 21.4. The fraction of sp³-hybridized carbons (Fsp3) is 0.435. The average molecular weight is 452 g/mol. The van der Waals surface area contributed by atoms with E-state index in [-0.39, 0.29) is 28.9 Å².